The number of para-hydroxylation sites is 2. The summed E-state index contributed by atoms with van der Waals surface area (Å²) in [4.78, 5) is 12.4. The van der Waals surface area contributed by atoms with E-state index in [9.17, 15) is 10.1 Å². The summed E-state index contributed by atoms with van der Waals surface area (Å²) in [6.07, 6.45) is 1.66. The molecule has 1 aliphatic heterocycles. The number of rotatable bonds is 9. The molecule has 1 heterocycles. The van der Waals surface area contributed by atoms with Crippen molar-refractivity contribution in [3.8, 4) is 34.8 Å². The molecular formula is C28H24N2O6. The number of nitrogens with two attached hydrogens (primary N) is 1. The molecule has 0 spiro atoms. The minimum atomic E-state index is -0.607. The molecule has 1 unspecified atom stereocenters. The monoisotopic (exact) mass is 484 g/mol. The van der Waals surface area contributed by atoms with Crippen LogP contribution in [0.4, 0.5) is 0 Å². The van der Waals surface area contributed by atoms with Crippen molar-refractivity contribution >= 4 is 5.97 Å². The average molecular weight is 485 g/mol. The molecule has 8 nitrogen and oxygen atoms in total. The maximum absolute atomic E-state index is 12.4. The molecular weight excluding hydrogens is 460 g/mol. The van der Waals surface area contributed by atoms with E-state index in [1.807, 2.05) is 24.3 Å². The third-order valence-corrected chi connectivity index (χ3v) is 5.42. The van der Waals surface area contributed by atoms with Gasteiger partial charge in [-0.1, -0.05) is 43.0 Å². The van der Waals surface area contributed by atoms with Gasteiger partial charge < -0.3 is 29.4 Å². The molecule has 0 aromatic heterocycles. The molecule has 36 heavy (non-hydrogen) atoms. The fourth-order valence-corrected chi connectivity index (χ4v) is 3.79. The molecule has 1 aliphatic rings. The van der Waals surface area contributed by atoms with Gasteiger partial charge in [-0.15, -0.1) is 0 Å². The summed E-state index contributed by atoms with van der Waals surface area (Å²) in [5.74, 6) is 1.19. The van der Waals surface area contributed by atoms with Gasteiger partial charge in [-0.2, -0.15) is 5.26 Å². The van der Waals surface area contributed by atoms with Crippen LogP contribution in [0.5, 0.6) is 28.7 Å². The molecule has 1 atom stereocenters. The van der Waals surface area contributed by atoms with Crippen LogP contribution in [-0.4, -0.2) is 26.3 Å². The summed E-state index contributed by atoms with van der Waals surface area (Å²) in [7, 11) is 1.52. The van der Waals surface area contributed by atoms with Crippen molar-refractivity contribution in [1.29, 1.82) is 5.26 Å². The summed E-state index contributed by atoms with van der Waals surface area (Å²) in [6.45, 7) is 3.71. The second kappa shape index (κ2) is 11.0. The van der Waals surface area contributed by atoms with E-state index < -0.39 is 11.9 Å². The number of hydrogen-bond acceptors (Lipinski definition) is 8. The molecule has 0 fully saturated rings. The van der Waals surface area contributed by atoms with E-state index in [1.165, 1.54) is 7.11 Å². The van der Waals surface area contributed by atoms with Crippen LogP contribution in [0.3, 0.4) is 0 Å². The van der Waals surface area contributed by atoms with Crippen LogP contribution in [-0.2, 0) is 4.79 Å². The van der Waals surface area contributed by atoms with E-state index in [4.69, 9.17) is 29.4 Å². The Kier molecular flexibility index (Phi) is 7.42. The quantitative estimate of drug-likeness (QED) is 0.269. The molecule has 3 aromatic carbocycles. The third-order valence-electron chi connectivity index (χ3n) is 5.42. The molecule has 0 bridgehead atoms. The predicted octanol–water partition coefficient (Wildman–Crippen LogP) is 4.46. The van der Waals surface area contributed by atoms with Gasteiger partial charge in [-0.3, -0.25) is 0 Å². The van der Waals surface area contributed by atoms with Crippen molar-refractivity contribution in [3.05, 3.63) is 102 Å². The Balaban J connectivity index is 1.52. The number of nitriles is 1. The van der Waals surface area contributed by atoms with Crippen LogP contribution < -0.4 is 29.4 Å². The number of methoxy groups -OCH3 is 1. The molecule has 0 saturated heterocycles. The Hall–Kier alpha value is -4.90. The lowest BCUT2D eigenvalue weighted by Crippen LogP contribution is -2.21. The molecule has 2 N–H and O–H groups in total. The minimum Gasteiger partial charge on any atom is -0.493 e. The summed E-state index contributed by atoms with van der Waals surface area (Å²) < 4.78 is 27.4. The number of carbonyl (C=O) groups is 1. The number of benzene rings is 3. The first-order valence-corrected chi connectivity index (χ1v) is 11.1. The van der Waals surface area contributed by atoms with Crippen molar-refractivity contribution in [2.75, 3.05) is 20.3 Å². The number of hydrogen-bond donors (Lipinski definition) is 1. The van der Waals surface area contributed by atoms with E-state index in [2.05, 4.69) is 12.6 Å². The van der Waals surface area contributed by atoms with E-state index in [0.717, 1.165) is 5.56 Å². The number of carbonyl (C=O) groups excluding carboxylic acids is 1. The lowest BCUT2D eigenvalue weighted by molar-refractivity contribution is -0.136. The van der Waals surface area contributed by atoms with Crippen LogP contribution in [0.2, 0.25) is 0 Å². The van der Waals surface area contributed by atoms with Gasteiger partial charge in [0.1, 0.15) is 35.5 Å². The second-order valence-corrected chi connectivity index (χ2v) is 7.71. The SMILES string of the molecule is C=CCOc1ccc(C2C(C#N)=C(N)Oc3cc(OC(=O)COc4ccccc4OC)ccc32)cc1. The minimum absolute atomic E-state index is 0.00929. The smallest absolute Gasteiger partial charge is 0.349 e. The Bertz CT molecular complexity index is 1340. The second-order valence-electron chi connectivity index (χ2n) is 7.71. The van der Waals surface area contributed by atoms with Crippen molar-refractivity contribution in [2.24, 2.45) is 5.73 Å². The van der Waals surface area contributed by atoms with E-state index in [-0.39, 0.29) is 23.8 Å². The number of ether oxygens (including phenoxy) is 5. The molecule has 4 rings (SSSR count). The van der Waals surface area contributed by atoms with Gasteiger partial charge in [0.15, 0.2) is 18.1 Å². The predicted molar refractivity (Wildman–Crippen MR) is 132 cm³/mol. The zero-order valence-corrected chi connectivity index (χ0v) is 19.6. The maximum atomic E-state index is 12.4. The van der Waals surface area contributed by atoms with Gasteiger partial charge in [0, 0.05) is 11.6 Å². The van der Waals surface area contributed by atoms with Crippen LogP contribution in [0.1, 0.15) is 17.0 Å². The first-order valence-electron chi connectivity index (χ1n) is 11.1. The lowest BCUT2D eigenvalue weighted by atomic mass is 9.83. The normalized spacial score (nSPS) is 14.1. The first-order chi connectivity index (χ1) is 17.5. The fraction of sp³-hybridized carbons (Fsp3) is 0.143. The van der Waals surface area contributed by atoms with Crippen molar-refractivity contribution in [1.82, 2.24) is 0 Å². The fourth-order valence-electron chi connectivity index (χ4n) is 3.79. The molecule has 3 aromatic rings. The van der Waals surface area contributed by atoms with Crippen LogP contribution in [0.15, 0.2) is 90.8 Å². The Labute approximate surface area is 208 Å². The molecule has 0 radical (unpaired) electrons. The van der Waals surface area contributed by atoms with Gasteiger partial charge >= 0.3 is 5.97 Å². The van der Waals surface area contributed by atoms with Crippen LogP contribution in [0, 0.1) is 11.3 Å². The standard InChI is InChI=1S/C28H24N2O6/c1-3-14-33-19-10-8-18(9-11-19)27-21-13-12-20(15-25(21)36-28(30)22(27)16-29)35-26(31)17-34-24-7-5-4-6-23(24)32-2/h3-13,15,27H,1,14,17,30H2,2H3. The van der Waals surface area contributed by atoms with E-state index in [1.54, 1.807) is 48.5 Å². The summed E-state index contributed by atoms with van der Waals surface area (Å²) in [5.41, 5.74) is 7.91. The number of allylic oxidation sites excluding steroid dienone is 1. The highest BCUT2D eigenvalue weighted by atomic mass is 16.6. The zero-order chi connectivity index (χ0) is 25.5. The summed E-state index contributed by atoms with van der Waals surface area (Å²) in [5, 5.41) is 9.76. The van der Waals surface area contributed by atoms with Crippen molar-refractivity contribution in [2.45, 2.75) is 5.92 Å². The topological polar surface area (TPSA) is 113 Å². The van der Waals surface area contributed by atoms with Crippen molar-refractivity contribution < 1.29 is 28.5 Å². The van der Waals surface area contributed by atoms with E-state index >= 15 is 0 Å². The Morgan fingerprint density at radius 3 is 2.50 bits per heavy atom. The molecule has 0 aliphatic carbocycles. The first kappa shape index (κ1) is 24.2. The van der Waals surface area contributed by atoms with Gasteiger partial charge in [0.05, 0.1) is 13.0 Å². The number of esters is 1. The molecule has 0 amide bonds. The zero-order valence-electron chi connectivity index (χ0n) is 19.6. The Morgan fingerprint density at radius 1 is 1.08 bits per heavy atom. The number of fused-ring (bicyclic) bond motifs is 1. The summed E-state index contributed by atoms with van der Waals surface area (Å²) >= 11 is 0. The maximum Gasteiger partial charge on any atom is 0.349 e. The highest BCUT2D eigenvalue weighted by Gasteiger charge is 2.31. The largest absolute Gasteiger partial charge is 0.493 e. The molecule has 182 valence electrons. The lowest BCUT2D eigenvalue weighted by Gasteiger charge is -2.26. The van der Waals surface area contributed by atoms with Crippen molar-refractivity contribution in [3.63, 3.8) is 0 Å². The van der Waals surface area contributed by atoms with Crippen LogP contribution in [0.25, 0.3) is 0 Å². The van der Waals surface area contributed by atoms with Gasteiger partial charge in [-0.25, -0.2) is 4.79 Å². The van der Waals surface area contributed by atoms with E-state index in [0.29, 0.717) is 35.2 Å². The molecule has 8 heteroatoms. The molecule has 0 saturated carbocycles. The van der Waals surface area contributed by atoms with Crippen LogP contribution >= 0.6 is 0 Å². The Morgan fingerprint density at radius 2 is 1.81 bits per heavy atom. The highest BCUT2D eigenvalue weighted by molar-refractivity contribution is 5.74. The van der Waals surface area contributed by atoms with Gasteiger partial charge in [-0.05, 0) is 35.9 Å². The van der Waals surface area contributed by atoms with Gasteiger partial charge in [0.25, 0.3) is 0 Å². The average Bonchev–Trinajstić information content (AvgIpc) is 2.90. The third kappa shape index (κ3) is 5.26. The number of nitrogens with zero attached hydrogens (tertiary/aromatic N) is 1. The highest BCUT2D eigenvalue weighted by Crippen LogP contribution is 2.43. The van der Waals surface area contributed by atoms with Gasteiger partial charge in [0.2, 0.25) is 5.88 Å². The summed E-state index contributed by atoms with van der Waals surface area (Å²) in [6, 6.07) is 21.5.